The van der Waals surface area contributed by atoms with E-state index in [1.807, 2.05) is 0 Å². The molecule has 2 atom stereocenters. The second-order valence-corrected chi connectivity index (χ2v) is 5.78. The molecule has 2 N–H and O–H groups in total. The van der Waals surface area contributed by atoms with Crippen LogP contribution in [0.3, 0.4) is 0 Å². The number of thiazole rings is 1. The molecule has 1 aromatic carbocycles. The van der Waals surface area contributed by atoms with Crippen molar-refractivity contribution < 1.29 is 4.39 Å². The summed E-state index contributed by atoms with van der Waals surface area (Å²) in [5.74, 6) is 0.145. The number of nitrogens with zero attached hydrogens (tertiary/aromatic N) is 1. The SMILES string of the molecule is NC1CCCCC1c1nc2cc(F)ccc2s1. The average Bonchev–Trinajstić information content (AvgIpc) is 2.72. The van der Waals surface area contributed by atoms with E-state index in [0.29, 0.717) is 5.92 Å². The lowest BCUT2D eigenvalue weighted by Gasteiger charge is -2.26. The Morgan fingerprint density at radius 2 is 2.12 bits per heavy atom. The highest BCUT2D eigenvalue weighted by Gasteiger charge is 2.26. The summed E-state index contributed by atoms with van der Waals surface area (Å²) in [5, 5.41) is 1.08. The lowest BCUT2D eigenvalue weighted by Crippen LogP contribution is -2.31. The Bertz CT molecular complexity index is 537. The molecule has 0 amide bonds. The second-order valence-electron chi connectivity index (χ2n) is 4.72. The van der Waals surface area contributed by atoms with Gasteiger partial charge in [0.2, 0.25) is 0 Å². The van der Waals surface area contributed by atoms with Gasteiger partial charge in [-0.2, -0.15) is 0 Å². The van der Waals surface area contributed by atoms with E-state index in [4.69, 9.17) is 5.73 Å². The van der Waals surface area contributed by atoms with Crippen molar-refractivity contribution in [3.63, 3.8) is 0 Å². The molecule has 1 aromatic heterocycles. The molecule has 0 spiro atoms. The molecular formula is C13H15FN2S. The van der Waals surface area contributed by atoms with Gasteiger partial charge in [0, 0.05) is 18.0 Å². The van der Waals surface area contributed by atoms with Crippen LogP contribution in [0.25, 0.3) is 10.2 Å². The van der Waals surface area contributed by atoms with Crippen LogP contribution >= 0.6 is 11.3 Å². The largest absolute Gasteiger partial charge is 0.327 e. The van der Waals surface area contributed by atoms with Gasteiger partial charge >= 0.3 is 0 Å². The summed E-state index contributed by atoms with van der Waals surface area (Å²) < 4.78 is 14.2. The van der Waals surface area contributed by atoms with Gasteiger partial charge in [0.1, 0.15) is 5.82 Å². The lowest BCUT2D eigenvalue weighted by molar-refractivity contribution is 0.385. The molecule has 4 heteroatoms. The summed E-state index contributed by atoms with van der Waals surface area (Å²) in [6.45, 7) is 0. The molecule has 2 nitrogen and oxygen atoms in total. The fourth-order valence-electron chi connectivity index (χ4n) is 2.54. The van der Waals surface area contributed by atoms with E-state index >= 15 is 0 Å². The van der Waals surface area contributed by atoms with E-state index in [1.165, 1.54) is 25.0 Å². The Morgan fingerprint density at radius 3 is 2.94 bits per heavy atom. The van der Waals surface area contributed by atoms with Crippen molar-refractivity contribution in [1.82, 2.24) is 4.98 Å². The number of benzene rings is 1. The Balaban J connectivity index is 1.99. The topological polar surface area (TPSA) is 38.9 Å². The zero-order valence-electron chi connectivity index (χ0n) is 9.53. The fraction of sp³-hybridized carbons (Fsp3) is 0.462. The summed E-state index contributed by atoms with van der Waals surface area (Å²) >= 11 is 1.66. The molecule has 0 aliphatic heterocycles. The van der Waals surface area contributed by atoms with Gasteiger partial charge < -0.3 is 5.73 Å². The summed E-state index contributed by atoms with van der Waals surface area (Å²) in [7, 11) is 0. The zero-order valence-corrected chi connectivity index (χ0v) is 10.3. The van der Waals surface area contributed by atoms with E-state index < -0.39 is 0 Å². The van der Waals surface area contributed by atoms with Gasteiger partial charge in [-0.1, -0.05) is 12.8 Å². The molecule has 1 aliphatic rings. The van der Waals surface area contributed by atoms with Crippen molar-refractivity contribution in [2.24, 2.45) is 5.73 Å². The lowest BCUT2D eigenvalue weighted by atomic mass is 9.85. The maximum Gasteiger partial charge on any atom is 0.125 e. The van der Waals surface area contributed by atoms with E-state index in [1.54, 1.807) is 17.4 Å². The highest BCUT2D eigenvalue weighted by atomic mass is 32.1. The standard InChI is InChI=1S/C13H15FN2S/c14-8-5-6-12-11(7-8)16-13(17-12)9-3-1-2-4-10(9)15/h5-7,9-10H,1-4,15H2. The van der Waals surface area contributed by atoms with E-state index in [9.17, 15) is 4.39 Å². The third-order valence-electron chi connectivity index (χ3n) is 3.50. The minimum atomic E-state index is -0.220. The van der Waals surface area contributed by atoms with Crippen LogP contribution in [0.1, 0.15) is 36.6 Å². The first-order valence-electron chi connectivity index (χ1n) is 6.05. The summed E-state index contributed by atoms with van der Waals surface area (Å²) in [6, 6.07) is 5.02. The average molecular weight is 250 g/mol. The monoisotopic (exact) mass is 250 g/mol. The molecule has 1 heterocycles. The van der Waals surface area contributed by atoms with Gasteiger partial charge in [0.25, 0.3) is 0 Å². The first kappa shape index (κ1) is 11.1. The van der Waals surface area contributed by atoms with Gasteiger partial charge in [-0.25, -0.2) is 9.37 Å². The molecule has 0 bridgehead atoms. The number of halogens is 1. The van der Waals surface area contributed by atoms with E-state index in [-0.39, 0.29) is 11.9 Å². The van der Waals surface area contributed by atoms with Crippen molar-refractivity contribution >= 4 is 21.6 Å². The van der Waals surface area contributed by atoms with Crippen LogP contribution in [0, 0.1) is 5.82 Å². The second kappa shape index (κ2) is 4.35. The van der Waals surface area contributed by atoms with Crippen LogP contribution in [0.15, 0.2) is 18.2 Å². The third kappa shape index (κ3) is 2.07. The van der Waals surface area contributed by atoms with Gasteiger partial charge in [0.05, 0.1) is 15.2 Å². The van der Waals surface area contributed by atoms with Gasteiger partial charge in [-0.05, 0) is 25.0 Å². The van der Waals surface area contributed by atoms with Crippen LogP contribution in [0.4, 0.5) is 4.39 Å². The van der Waals surface area contributed by atoms with Crippen molar-refractivity contribution in [2.75, 3.05) is 0 Å². The highest BCUT2D eigenvalue weighted by Crippen LogP contribution is 2.36. The van der Waals surface area contributed by atoms with Gasteiger partial charge in [-0.15, -0.1) is 11.3 Å². The predicted octanol–water partition coefficient (Wildman–Crippen LogP) is 3.42. The van der Waals surface area contributed by atoms with E-state index in [2.05, 4.69) is 4.98 Å². The van der Waals surface area contributed by atoms with Crippen LogP contribution in [-0.4, -0.2) is 11.0 Å². The van der Waals surface area contributed by atoms with Crippen molar-refractivity contribution in [2.45, 2.75) is 37.6 Å². The molecule has 17 heavy (non-hydrogen) atoms. The Morgan fingerprint density at radius 1 is 1.29 bits per heavy atom. The number of nitrogens with two attached hydrogens (primary N) is 1. The summed E-state index contributed by atoms with van der Waals surface area (Å²) in [6.07, 6.45) is 4.64. The van der Waals surface area contributed by atoms with Gasteiger partial charge in [-0.3, -0.25) is 0 Å². The molecule has 1 aliphatic carbocycles. The number of rotatable bonds is 1. The van der Waals surface area contributed by atoms with Crippen LogP contribution in [0.2, 0.25) is 0 Å². The first-order chi connectivity index (χ1) is 8.24. The van der Waals surface area contributed by atoms with Gasteiger partial charge in [0.15, 0.2) is 0 Å². The fourth-order valence-corrected chi connectivity index (χ4v) is 3.70. The summed E-state index contributed by atoms with van der Waals surface area (Å²) in [5.41, 5.74) is 6.92. The van der Waals surface area contributed by atoms with Crippen LogP contribution in [-0.2, 0) is 0 Å². The first-order valence-corrected chi connectivity index (χ1v) is 6.87. The molecule has 0 radical (unpaired) electrons. The molecule has 2 unspecified atom stereocenters. The molecule has 3 rings (SSSR count). The minimum absolute atomic E-state index is 0.217. The number of aromatic nitrogens is 1. The molecule has 1 saturated carbocycles. The van der Waals surface area contributed by atoms with Crippen LogP contribution in [0.5, 0.6) is 0 Å². The van der Waals surface area contributed by atoms with Crippen molar-refractivity contribution in [1.29, 1.82) is 0 Å². The van der Waals surface area contributed by atoms with Crippen molar-refractivity contribution in [3.05, 3.63) is 29.0 Å². The van der Waals surface area contributed by atoms with Crippen LogP contribution < -0.4 is 5.73 Å². The Kier molecular flexibility index (Phi) is 2.84. The minimum Gasteiger partial charge on any atom is -0.327 e. The number of hydrogen-bond donors (Lipinski definition) is 1. The Hall–Kier alpha value is -1.00. The molecule has 1 fully saturated rings. The predicted molar refractivity (Wildman–Crippen MR) is 68.8 cm³/mol. The Labute approximate surface area is 104 Å². The number of hydrogen-bond acceptors (Lipinski definition) is 3. The van der Waals surface area contributed by atoms with E-state index in [0.717, 1.165) is 28.1 Å². The quantitative estimate of drug-likeness (QED) is 0.842. The molecular weight excluding hydrogens is 235 g/mol. The molecule has 0 saturated heterocycles. The molecule has 2 aromatic rings. The number of fused-ring (bicyclic) bond motifs is 1. The zero-order chi connectivity index (χ0) is 11.8. The highest BCUT2D eigenvalue weighted by molar-refractivity contribution is 7.18. The summed E-state index contributed by atoms with van der Waals surface area (Å²) in [4.78, 5) is 4.55. The van der Waals surface area contributed by atoms with Crippen molar-refractivity contribution in [3.8, 4) is 0 Å². The smallest absolute Gasteiger partial charge is 0.125 e. The molecule has 90 valence electrons. The maximum absolute atomic E-state index is 13.1. The third-order valence-corrected chi connectivity index (χ3v) is 4.67. The normalized spacial score (nSPS) is 25.3. The maximum atomic E-state index is 13.1.